The Labute approximate surface area is 187 Å². The molecule has 2 amide bonds. The first-order valence-electron chi connectivity index (χ1n) is 11.2. The Bertz CT molecular complexity index is 1100. The summed E-state index contributed by atoms with van der Waals surface area (Å²) in [6.07, 6.45) is 7.92. The molecule has 1 unspecified atom stereocenters. The lowest BCUT2D eigenvalue weighted by Crippen LogP contribution is -2.47. The van der Waals surface area contributed by atoms with Crippen LogP contribution in [0.1, 0.15) is 46.3 Å². The van der Waals surface area contributed by atoms with E-state index in [1.807, 2.05) is 47.2 Å². The third-order valence-electron chi connectivity index (χ3n) is 6.80. The number of benzene rings is 1. The smallest absolute Gasteiger partial charge is 0.272 e. The van der Waals surface area contributed by atoms with Crippen LogP contribution in [-0.2, 0) is 24.7 Å². The van der Waals surface area contributed by atoms with Crippen LogP contribution in [0.15, 0.2) is 49.2 Å². The van der Waals surface area contributed by atoms with Gasteiger partial charge in [0.05, 0.1) is 37.0 Å². The third kappa shape index (κ3) is 3.81. The highest BCUT2D eigenvalue weighted by Gasteiger charge is 2.40. The first-order chi connectivity index (χ1) is 15.6. The first-order valence-corrected chi connectivity index (χ1v) is 11.2. The normalized spacial score (nSPS) is 19.1. The van der Waals surface area contributed by atoms with E-state index >= 15 is 0 Å². The topological polar surface area (TPSA) is 87.1 Å². The van der Waals surface area contributed by atoms with Crippen molar-refractivity contribution >= 4 is 11.8 Å². The van der Waals surface area contributed by atoms with Crippen LogP contribution in [0.25, 0.3) is 0 Å². The SMILES string of the molecule is Cn1cncc1C(=O)N1CCc2[nH]cnc2C1C1CCN(C(=O)Cc2ccccc2)CC1. The predicted molar refractivity (Wildman–Crippen MR) is 119 cm³/mol. The van der Waals surface area contributed by atoms with E-state index in [9.17, 15) is 9.59 Å². The number of piperidine rings is 1. The Kier molecular flexibility index (Phi) is 5.51. The molecule has 0 bridgehead atoms. The van der Waals surface area contributed by atoms with Crippen LogP contribution in [0.2, 0.25) is 0 Å². The molecule has 4 heterocycles. The van der Waals surface area contributed by atoms with Gasteiger partial charge in [0.15, 0.2) is 0 Å². The number of H-pyrrole nitrogens is 1. The Hall–Kier alpha value is -3.42. The van der Waals surface area contributed by atoms with Crippen LogP contribution in [0.3, 0.4) is 0 Å². The lowest BCUT2D eigenvalue weighted by atomic mass is 9.83. The summed E-state index contributed by atoms with van der Waals surface area (Å²) < 4.78 is 1.77. The second kappa shape index (κ2) is 8.61. The molecule has 1 N–H and O–H groups in total. The molecular weight excluding hydrogens is 404 g/mol. The molecule has 166 valence electrons. The minimum Gasteiger partial charge on any atom is -0.348 e. The predicted octanol–water partition coefficient (Wildman–Crippen LogP) is 2.36. The van der Waals surface area contributed by atoms with Crippen LogP contribution < -0.4 is 0 Å². The number of fused-ring (bicyclic) bond motifs is 1. The highest BCUT2D eigenvalue weighted by molar-refractivity contribution is 5.93. The van der Waals surface area contributed by atoms with Crippen molar-refractivity contribution in [1.29, 1.82) is 0 Å². The molecule has 0 aliphatic carbocycles. The molecule has 2 aliphatic heterocycles. The van der Waals surface area contributed by atoms with Gasteiger partial charge in [-0.3, -0.25) is 9.59 Å². The summed E-state index contributed by atoms with van der Waals surface area (Å²) in [6, 6.07) is 9.80. The molecule has 3 aromatic rings. The number of nitrogens with one attached hydrogen (secondary N) is 1. The van der Waals surface area contributed by atoms with Crippen molar-refractivity contribution in [2.45, 2.75) is 31.7 Å². The van der Waals surface area contributed by atoms with Crippen LogP contribution in [0.5, 0.6) is 0 Å². The molecule has 0 radical (unpaired) electrons. The molecule has 1 aromatic carbocycles. The molecule has 2 aliphatic rings. The van der Waals surface area contributed by atoms with Gasteiger partial charge in [-0.1, -0.05) is 30.3 Å². The summed E-state index contributed by atoms with van der Waals surface area (Å²) in [7, 11) is 1.84. The molecular formula is C24H28N6O2. The fourth-order valence-corrected chi connectivity index (χ4v) is 5.07. The zero-order valence-corrected chi connectivity index (χ0v) is 18.3. The zero-order valence-electron chi connectivity index (χ0n) is 18.3. The van der Waals surface area contributed by atoms with Gasteiger partial charge < -0.3 is 19.4 Å². The number of aryl methyl sites for hydroxylation is 1. The number of imidazole rings is 2. The molecule has 1 saturated heterocycles. The van der Waals surface area contributed by atoms with E-state index in [2.05, 4.69) is 15.0 Å². The van der Waals surface area contributed by atoms with Gasteiger partial charge in [-0.15, -0.1) is 0 Å². The molecule has 1 atom stereocenters. The number of aromatic nitrogens is 4. The van der Waals surface area contributed by atoms with Crippen molar-refractivity contribution < 1.29 is 9.59 Å². The van der Waals surface area contributed by atoms with E-state index in [0.29, 0.717) is 31.7 Å². The van der Waals surface area contributed by atoms with Crippen molar-refractivity contribution in [2.24, 2.45) is 13.0 Å². The molecule has 0 saturated carbocycles. The average molecular weight is 433 g/mol. The fraction of sp³-hybridized carbons (Fsp3) is 0.417. The van der Waals surface area contributed by atoms with Gasteiger partial charge in [-0.25, -0.2) is 9.97 Å². The number of likely N-dealkylation sites (tertiary alicyclic amines) is 1. The van der Waals surface area contributed by atoms with Crippen molar-refractivity contribution in [2.75, 3.05) is 19.6 Å². The fourth-order valence-electron chi connectivity index (χ4n) is 5.07. The van der Waals surface area contributed by atoms with Crippen LogP contribution in [0.4, 0.5) is 0 Å². The molecule has 32 heavy (non-hydrogen) atoms. The van der Waals surface area contributed by atoms with Crippen molar-refractivity contribution in [3.63, 3.8) is 0 Å². The van der Waals surface area contributed by atoms with Crippen LogP contribution in [0, 0.1) is 5.92 Å². The number of rotatable bonds is 4. The molecule has 5 rings (SSSR count). The summed E-state index contributed by atoms with van der Waals surface area (Å²) in [5.41, 5.74) is 3.72. The van der Waals surface area contributed by atoms with Gasteiger partial charge in [0.1, 0.15) is 5.69 Å². The van der Waals surface area contributed by atoms with Crippen LogP contribution >= 0.6 is 0 Å². The third-order valence-corrected chi connectivity index (χ3v) is 6.80. The summed E-state index contributed by atoms with van der Waals surface area (Å²) in [5, 5.41) is 0. The molecule has 8 nitrogen and oxygen atoms in total. The van der Waals surface area contributed by atoms with E-state index in [0.717, 1.165) is 36.2 Å². The van der Waals surface area contributed by atoms with Crippen molar-refractivity contribution in [3.8, 4) is 0 Å². The lowest BCUT2D eigenvalue weighted by Gasteiger charge is -2.43. The number of carbonyl (C=O) groups excluding carboxylic acids is 2. The highest BCUT2D eigenvalue weighted by atomic mass is 16.2. The Morgan fingerprint density at radius 1 is 1.12 bits per heavy atom. The number of hydrogen-bond donors (Lipinski definition) is 1. The maximum Gasteiger partial charge on any atom is 0.272 e. The van der Waals surface area contributed by atoms with Crippen molar-refractivity contribution in [1.82, 2.24) is 29.3 Å². The maximum atomic E-state index is 13.4. The number of aromatic amines is 1. The summed E-state index contributed by atoms with van der Waals surface area (Å²) >= 11 is 0. The highest BCUT2D eigenvalue weighted by Crippen LogP contribution is 2.39. The number of amides is 2. The summed E-state index contributed by atoms with van der Waals surface area (Å²) in [5.74, 6) is 0.420. The molecule has 8 heteroatoms. The van der Waals surface area contributed by atoms with Gasteiger partial charge in [0.2, 0.25) is 5.91 Å². The Morgan fingerprint density at radius 3 is 2.62 bits per heavy atom. The quantitative estimate of drug-likeness (QED) is 0.686. The minimum absolute atomic E-state index is 0.00812. The van der Waals surface area contributed by atoms with Crippen LogP contribution in [-0.4, -0.2) is 60.8 Å². The molecule has 2 aromatic heterocycles. The van der Waals surface area contributed by atoms with Gasteiger partial charge in [0, 0.05) is 38.8 Å². The maximum absolute atomic E-state index is 13.4. The van der Waals surface area contributed by atoms with Gasteiger partial charge in [-0.05, 0) is 24.3 Å². The standard InChI is InChI=1S/C24H28N6O2/c1-28-16-25-14-20(28)24(32)30-12-9-19-22(27-15-26-19)23(30)18-7-10-29(11-8-18)21(31)13-17-5-3-2-4-6-17/h2-6,14-16,18,23H,7-13H2,1H3,(H,26,27). The minimum atomic E-state index is -0.0845. The number of hydrogen-bond acceptors (Lipinski definition) is 4. The Morgan fingerprint density at radius 2 is 1.91 bits per heavy atom. The van der Waals surface area contributed by atoms with E-state index in [1.54, 1.807) is 23.4 Å². The Balaban J connectivity index is 1.32. The molecule has 0 spiro atoms. The monoisotopic (exact) mass is 432 g/mol. The van der Waals surface area contributed by atoms with E-state index < -0.39 is 0 Å². The number of nitrogens with zero attached hydrogens (tertiary/aromatic N) is 5. The summed E-state index contributed by atoms with van der Waals surface area (Å²) in [4.78, 5) is 42.1. The zero-order chi connectivity index (χ0) is 22.1. The van der Waals surface area contributed by atoms with Gasteiger partial charge in [0.25, 0.3) is 5.91 Å². The second-order valence-electron chi connectivity index (χ2n) is 8.73. The average Bonchev–Trinajstić information content (AvgIpc) is 3.47. The van der Waals surface area contributed by atoms with Gasteiger partial charge >= 0.3 is 0 Å². The van der Waals surface area contributed by atoms with E-state index in [4.69, 9.17) is 0 Å². The lowest BCUT2D eigenvalue weighted by molar-refractivity contribution is -0.132. The van der Waals surface area contributed by atoms with E-state index in [-0.39, 0.29) is 23.8 Å². The van der Waals surface area contributed by atoms with E-state index in [1.165, 1.54) is 0 Å². The second-order valence-corrected chi connectivity index (χ2v) is 8.73. The first kappa shape index (κ1) is 20.5. The number of carbonyl (C=O) groups is 2. The largest absolute Gasteiger partial charge is 0.348 e. The molecule has 1 fully saturated rings. The van der Waals surface area contributed by atoms with Crippen molar-refractivity contribution in [3.05, 3.63) is 71.8 Å². The van der Waals surface area contributed by atoms with Gasteiger partial charge in [-0.2, -0.15) is 0 Å². The summed E-state index contributed by atoms with van der Waals surface area (Å²) in [6.45, 7) is 2.07.